The van der Waals surface area contributed by atoms with Crippen molar-refractivity contribution in [1.82, 2.24) is 10.2 Å². The van der Waals surface area contributed by atoms with Gasteiger partial charge in [0.15, 0.2) is 0 Å². The summed E-state index contributed by atoms with van der Waals surface area (Å²) < 4.78 is 0. The first-order valence-corrected chi connectivity index (χ1v) is 4.16. The summed E-state index contributed by atoms with van der Waals surface area (Å²) in [4.78, 5) is 22.9. The van der Waals surface area contributed by atoms with Crippen LogP contribution in [0.5, 0.6) is 0 Å². The molecule has 0 aromatic rings. The minimum absolute atomic E-state index is 0.154. The number of hydrogen-bond acceptors (Lipinski definition) is 3. The van der Waals surface area contributed by atoms with Crippen LogP contribution in [-0.2, 0) is 9.59 Å². The van der Waals surface area contributed by atoms with Gasteiger partial charge in [0.05, 0.1) is 0 Å². The first-order chi connectivity index (χ1) is 5.72. The third-order valence-electron chi connectivity index (χ3n) is 2.08. The second-order valence-electron chi connectivity index (χ2n) is 3.23. The lowest BCUT2D eigenvalue weighted by Gasteiger charge is -2.29. The van der Waals surface area contributed by atoms with Crippen LogP contribution in [0.2, 0.25) is 0 Å². The summed E-state index contributed by atoms with van der Waals surface area (Å²) in [5.41, 5.74) is 0. The SMILES string of the molecule is CN1CCCC(NC(=O)C=O)C1. The molecule has 1 heterocycles. The van der Waals surface area contributed by atoms with Gasteiger partial charge >= 0.3 is 0 Å². The number of amides is 1. The molecule has 1 amide bonds. The minimum Gasteiger partial charge on any atom is -0.346 e. The highest BCUT2D eigenvalue weighted by Crippen LogP contribution is 2.07. The van der Waals surface area contributed by atoms with E-state index in [2.05, 4.69) is 10.2 Å². The summed E-state index contributed by atoms with van der Waals surface area (Å²) in [6.07, 6.45) is 2.39. The van der Waals surface area contributed by atoms with Gasteiger partial charge in [0.2, 0.25) is 6.29 Å². The molecule has 0 spiro atoms. The lowest BCUT2D eigenvalue weighted by molar-refractivity contribution is -0.132. The molecule has 1 aliphatic heterocycles. The standard InChI is InChI=1S/C8H14N2O2/c1-10-4-2-3-7(5-10)9-8(12)6-11/h6-7H,2-5H2,1H3,(H,9,12). The van der Waals surface area contributed by atoms with Crippen molar-refractivity contribution in [2.45, 2.75) is 18.9 Å². The van der Waals surface area contributed by atoms with Crippen LogP contribution >= 0.6 is 0 Å². The van der Waals surface area contributed by atoms with Crippen LogP contribution in [0, 0.1) is 0 Å². The van der Waals surface area contributed by atoms with Gasteiger partial charge in [0.25, 0.3) is 5.91 Å². The smallest absolute Gasteiger partial charge is 0.284 e. The molecule has 1 saturated heterocycles. The quantitative estimate of drug-likeness (QED) is 0.444. The van der Waals surface area contributed by atoms with Crippen LogP contribution in [-0.4, -0.2) is 43.3 Å². The van der Waals surface area contributed by atoms with E-state index in [0.717, 1.165) is 25.9 Å². The van der Waals surface area contributed by atoms with Gasteiger partial charge in [0.1, 0.15) is 0 Å². The number of likely N-dealkylation sites (tertiary alicyclic amines) is 1. The normalized spacial score (nSPS) is 24.9. The van der Waals surface area contributed by atoms with E-state index in [1.54, 1.807) is 0 Å². The van der Waals surface area contributed by atoms with Crippen molar-refractivity contribution in [3.8, 4) is 0 Å². The highest BCUT2D eigenvalue weighted by Gasteiger charge is 2.17. The molecule has 0 aromatic carbocycles. The molecule has 1 aliphatic rings. The number of nitrogens with one attached hydrogen (secondary N) is 1. The molecule has 0 bridgehead atoms. The summed E-state index contributed by atoms with van der Waals surface area (Å²) in [7, 11) is 2.01. The third kappa shape index (κ3) is 2.62. The van der Waals surface area contributed by atoms with Crippen LogP contribution in [0.3, 0.4) is 0 Å². The zero-order valence-corrected chi connectivity index (χ0v) is 7.25. The van der Waals surface area contributed by atoms with Gasteiger partial charge in [-0.25, -0.2) is 0 Å². The van der Waals surface area contributed by atoms with E-state index in [-0.39, 0.29) is 6.04 Å². The van der Waals surface area contributed by atoms with Crippen LogP contribution < -0.4 is 5.32 Å². The monoisotopic (exact) mass is 170 g/mol. The van der Waals surface area contributed by atoms with E-state index in [1.165, 1.54) is 0 Å². The molecule has 68 valence electrons. The van der Waals surface area contributed by atoms with Gasteiger partial charge in [-0.15, -0.1) is 0 Å². The van der Waals surface area contributed by atoms with Gasteiger partial charge in [-0.2, -0.15) is 0 Å². The molecule has 0 aromatic heterocycles. The summed E-state index contributed by atoms with van der Waals surface area (Å²) in [5, 5.41) is 2.65. The van der Waals surface area contributed by atoms with E-state index in [0.29, 0.717) is 6.29 Å². The molecule has 1 atom stereocenters. The van der Waals surface area contributed by atoms with E-state index >= 15 is 0 Å². The summed E-state index contributed by atoms with van der Waals surface area (Å²) in [6.45, 7) is 1.92. The minimum atomic E-state index is -0.504. The Balaban J connectivity index is 2.31. The van der Waals surface area contributed by atoms with E-state index < -0.39 is 5.91 Å². The predicted molar refractivity (Wildman–Crippen MR) is 44.7 cm³/mol. The number of carbonyl (C=O) groups is 2. The fourth-order valence-corrected chi connectivity index (χ4v) is 1.52. The molecule has 0 aliphatic carbocycles. The van der Waals surface area contributed by atoms with Gasteiger partial charge < -0.3 is 10.2 Å². The van der Waals surface area contributed by atoms with Crippen molar-refractivity contribution in [2.75, 3.05) is 20.1 Å². The van der Waals surface area contributed by atoms with E-state index in [4.69, 9.17) is 0 Å². The van der Waals surface area contributed by atoms with Crippen LogP contribution in [0.15, 0.2) is 0 Å². The fourth-order valence-electron chi connectivity index (χ4n) is 1.52. The molecule has 0 radical (unpaired) electrons. The van der Waals surface area contributed by atoms with Crippen molar-refractivity contribution >= 4 is 12.2 Å². The zero-order valence-electron chi connectivity index (χ0n) is 7.25. The Kier molecular flexibility index (Phi) is 3.22. The molecular formula is C8H14N2O2. The first-order valence-electron chi connectivity index (χ1n) is 4.16. The molecule has 1 fully saturated rings. The Morgan fingerprint density at radius 1 is 1.67 bits per heavy atom. The zero-order chi connectivity index (χ0) is 8.97. The maximum absolute atomic E-state index is 10.7. The Morgan fingerprint density at radius 3 is 3.00 bits per heavy atom. The lowest BCUT2D eigenvalue weighted by atomic mass is 10.1. The van der Waals surface area contributed by atoms with Crippen molar-refractivity contribution in [3.05, 3.63) is 0 Å². The van der Waals surface area contributed by atoms with Gasteiger partial charge in [0, 0.05) is 12.6 Å². The second-order valence-corrected chi connectivity index (χ2v) is 3.23. The molecule has 4 nitrogen and oxygen atoms in total. The molecule has 12 heavy (non-hydrogen) atoms. The highest BCUT2D eigenvalue weighted by atomic mass is 16.2. The van der Waals surface area contributed by atoms with Gasteiger partial charge in [-0.3, -0.25) is 9.59 Å². The molecule has 1 N–H and O–H groups in total. The van der Waals surface area contributed by atoms with Crippen LogP contribution in [0.1, 0.15) is 12.8 Å². The summed E-state index contributed by atoms with van der Waals surface area (Å²) in [6, 6.07) is 0.154. The number of nitrogens with zero attached hydrogens (tertiary/aromatic N) is 1. The molecule has 0 saturated carbocycles. The van der Waals surface area contributed by atoms with Crippen LogP contribution in [0.25, 0.3) is 0 Å². The maximum atomic E-state index is 10.7. The van der Waals surface area contributed by atoms with Crippen molar-refractivity contribution in [3.63, 3.8) is 0 Å². The van der Waals surface area contributed by atoms with Crippen molar-refractivity contribution in [2.24, 2.45) is 0 Å². The third-order valence-corrected chi connectivity index (χ3v) is 2.08. The largest absolute Gasteiger partial charge is 0.346 e. The molecular weight excluding hydrogens is 156 g/mol. The lowest BCUT2D eigenvalue weighted by Crippen LogP contribution is -2.46. The van der Waals surface area contributed by atoms with Gasteiger partial charge in [-0.1, -0.05) is 0 Å². The number of aldehydes is 1. The summed E-state index contributed by atoms with van der Waals surface area (Å²) in [5.74, 6) is -0.504. The maximum Gasteiger partial charge on any atom is 0.284 e. The Hall–Kier alpha value is -0.900. The van der Waals surface area contributed by atoms with Gasteiger partial charge in [-0.05, 0) is 26.4 Å². The number of piperidine rings is 1. The number of rotatable bonds is 2. The first kappa shape index (κ1) is 9.19. The highest BCUT2D eigenvalue weighted by molar-refractivity contribution is 6.23. The molecule has 1 rings (SSSR count). The van der Waals surface area contributed by atoms with E-state index in [9.17, 15) is 9.59 Å². The molecule has 1 unspecified atom stereocenters. The van der Waals surface area contributed by atoms with Crippen molar-refractivity contribution in [1.29, 1.82) is 0 Å². The average Bonchev–Trinajstić information content (AvgIpc) is 2.04. The predicted octanol–water partition coefficient (Wildman–Crippen LogP) is -0.604. The summed E-state index contributed by atoms with van der Waals surface area (Å²) >= 11 is 0. The fraction of sp³-hybridized carbons (Fsp3) is 0.750. The Bertz CT molecular complexity index is 182. The number of hydrogen-bond donors (Lipinski definition) is 1. The Morgan fingerprint density at radius 2 is 2.42 bits per heavy atom. The van der Waals surface area contributed by atoms with Crippen molar-refractivity contribution < 1.29 is 9.59 Å². The number of likely N-dealkylation sites (N-methyl/N-ethyl adjacent to an activating group) is 1. The molecule has 4 heteroatoms. The van der Waals surface area contributed by atoms with Crippen LogP contribution in [0.4, 0.5) is 0 Å². The number of carbonyl (C=O) groups excluding carboxylic acids is 2. The topological polar surface area (TPSA) is 49.4 Å². The second kappa shape index (κ2) is 4.21. The average molecular weight is 170 g/mol. The Labute approximate surface area is 71.9 Å². The van der Waals surface area contributed by atoms with E-state index in [1.807, 2.05) is 7.05 Å².